The average Bonchev–Trinajstić information content (AvgIpc) is 2.06. The highest BCUT2D eigenvalue weighted by molar-refractivity contribution is 5.90. The van der Waals surface area contributed by atoms with Crippen molar-refractivity contribution in [3.8, 4) is 0 Å². The van der Waals surface area contributed by atoms with E-state index in [4.69, 9.17) is 11.5 Å². The largest absolute Gasteiger partial charge is 0.399 e. The Hall–Kier alpha value is -1.84. The first kappa shape index (κ1) is 7.79. The quantitative estimate of drug-likeness (QED) is 0.586. The van der Waals surface area contributed by atoms with E-state index < -0.39 is 0 Å². The van der Waals surface area contributed by atoms with Crippen LogP contribution in [0.25, 0.3) is 10.9 Å². The Morgan fingerprint density at radius 3 is 2.69 bits per heavy atom. The molecule has 1 aromatic heterocycles. The lowest BCUT2D eigenvalue weighted by Crippen LogP contribution is -1.97. The number of nitrogen functional groups attached to an aromatic ring is 2. The number of rotatable bonds is 0. The van der Waals surface area contributed by atoms with E-state index in [2.05, 4.69) is 9.97 Å². The number of hydrogen-bond donors (Lipinski definition) is 2. The maximum Gasteiger partial charge on any atom is 0.135 e. The van der Waals surface area contributed by atoms with Gasteiger partial charge in [-0.2, -0.15) is 0 Å². The molecule has 0 aliphatic rings. The molecular weight excluding hydrogens is 164 g/mol. The number of fused-ring (bicyclic) bond motifs is 1. The molecule has 0 unspecified atom stereocenters. The summed E-state index contributed by atoms with van der Waals surface area (Å²) in [6.45, 7) is 1.81. The summed E-state index contributed by atoms with van der Waals surface area (Å²) in [7, 11) is 0. The molecule has 4 heteroatoms. The SMILES string of the molecule is Cc1nc(N)c2cc(N)ccc2n1. The summed E-state index contributed by atoms with van der Waals surface area (Å²) in [6.07, 6.45) is 0. The van der Waals surface area contributed by atoms with Crippen LogP contribution in [0.1, 0.15) is 5.82 Å². The van der Waals surface area contributed by atoms with E-state index in [9.17, 15) is 0 Å². The lowest BCUT2D eigenvalue weighted by Gasteiger charge is -2.02. The van der Waals surface area contributed by atoms with E-state index in [0.29, 0.717) is 17.3 Å². The van der Waals surface area contributed by atoms with Crippen LogP contribution in [0.3, 0.4) is 0 Å². The minimum Gasteiger partial charge on any atom is -0.399 e. The Labute approximate surface area is 75.6 Å². The number of hydrogen-bond acceptors (Lipinski definition) is 4. The standard InChI is InChI=1S/C9H10N4/c1-5-12-8-3-2-6(10)4-7(8)9(11)13-5/h2-4H,10H2,1H3,(H2,11,12,13). The van der Waals surface area contributed by atoms with Crippen molar-refractivity contribution in [2.24, 2.45) is 0 Å². The molecule has 0 aliphatic carbocycles. The van der Waals surface area contributed by atoms with Gasteiger partial charge in [0.15, 0.2) is 0 Å². The van der Waals surface area contributed by atoms with Crippen molar-refractivity contribution in [3.63, 3.8) is 0 Å². The summed E-state index contributed by atoms with van der Waals surface area (Å²) in [5.41, 5.74) is 12.8. The highest BCUT2D eigenvalue weighted by Crippen LogP contribution is 2.19. The minimum absolute atomic E-state index is 0.481. The second-order valence-electron chi connectivity index (χ2n) is 2.93. The van der Waals surface area contributed by atoms with Crippen LogP contribution in [0.4, 0.5) is 11.5 Å². The molecule has 0 radical (unpaired) electrons. The van der Waals surface area contributed by atoms with Crippen molar-refractivity contribution in [3.05, 3.63) is 24.0 Å². The van der Waals surface area contributed by atoms with E-state index in [-0.39, 0.29) is 0 Å². The number of aryl methyl sites for hydroxylation is 1. The number of anilines is 2. The molecule has 0 aliphatic heterocycles. The van der Waals surface area contributed by atoms with Gasteiger partial charge in [0, 0.05) is 11.1 Å². The fraction of sp³-hybridized carbons (Fsp3) is 0.111. The molecule has 0 spiro atoms. The lowest BCUT2D eigenvalue weighted by atomic mass is 10.2. The van der Waals surface area contributed by atoms with Crippen LogP contribution in [0.15, 0.2) is 18.2 Å². The molecule has 4 N–H and O–H groups in total. The van der Waals surface area contributed by atoms with Crippen molar-refractivity contribution in [1.29, 1.82) is 0 Å². The van der Waals surface area contributed by atoms with Gasteiger partial charge in [-0.15, -0.1) is 0 Å². The van der Waals surface area contributed by atoms with E-state index in [1.165, 1.54) is 0 Å². The first-order valence-electron chi connectivity index (χ1n) is 3.96. The second kappa shape index (κ2) is 2.58. The van der Waals surface area contributed by atoms with Crippen LogP contribution in [0.2, 0.25) is 0 Å². The maximum absolute atomic E-state index is 5.72. The number of benzene rings is 1. The van der Waals surface area contributed by atoms with E-state index in [1.807, 2.05) is 13.0 Å². The Balaban J connectivity index is 2.87. The highest BCUT2D eigenvalue weighted by atomic mass is 14.9. The van der Waals surface area contributed by atoms with Gasteiger partial charge in [-0.05, 0) is 25.1 Å². The van der Waals surface area contributed by atoms with Gasteiger partial charge >= 0.3 is 0 Å². The van der Waals surface area contributed by atoms with Gasteiger partial charge in [-0.1, -0.05) is 0 Å². The van der Waals surface area contributed by atoms with Gasteiger partial charge in [0.1, 0.15) is 11.6 Å². The zero-order valence-electron chi connectivity index (χ0n) is 7.28. The van der Waals surface area contributed by atoms with Crippen molar-refractivity contribution in [2.45, 2.75) is 6.92 Å². The second-order valence-corrected chi connectivity index (χ2v) is 2.93. The van der Waals surface area contributed by atoms with Crippen molar-refractivity contribution < 1.29 is 0 Å². The number of nitrogens with two attached hydrogens (primary N) is 2. The van der Waals surface area contributed by atoms with Crippen LogP contribution in [-0.2, 0) is 0 Å². The molecule has 0 bridgehead atoms. The predicted octanol–water partition coefficient (Wildman–Crippen LogP) is 1.10. The first-order chi connectivity index (χ1) is 6.16. The predicted molar refractivity (Wildman–Crippen MR) is 53.1 cm³/mol. The van der Waals surface area contributed by atoms with Gasteiger partial charge in [0.2, 0.25) is 0 Å². The molecule has 0 fully saturated rings. The van der Waals surface area contributed by atoms with Crippen molar-refractivity contribution >= 4 is 22.4 Å². The van der Waals surface area contributed by atoms with Gasteiger partial charge < -0.3 is 11.5 Å². The van der Waals surface area contributed by atoms with E-state index in [1.54, 1.807) is 12.1 Å². The molecule has 0 saturated carbocycles. The average molecular weight is 174 g/mol. The Kier molecular flexibility index (Phi) is 1.55. The molecule has 1 aromatic carbocycles. The fourth-order valence-corrected chi connectivity index (χ4v) is 1.29. The summed E-state index contributed by atoms with van der Waals surface area (Å²) in [5, 5.41) is 0.811. The summed E-state index contributed by atoms with van der Waals surface area (Å²) in [4.78, 5) is 8.28. The first-order valence-corrected chi connectivity index (χ1v) is 3.96. The van der Waals surface area contributed by atoms with Crippen LogP contribution in [0, 0.1) is 6.92 Å². The number of aromatic nitrogens is 2. The zero-order valence-corrected chi connectivity index (χ0v) is 7.28. The molecule has 66 valence electrons. The molecule has 4 nitrogen and oxygen atoms in total. The Morgan fingerprint density at radius 1 is 1.15 bits per heavy atom. The molecule has 13 heavy (non-hydrogen) atoms. The monoisotopic (exact) mass is 174 g/mol. The van der Waals surface area contributed by atoms with Crippen LogP contribution >= 0.6 is 0 Å². The Bertz CT molecular complexity index is 464. The third kappa shape index (κ3) is 1.26. The molecule has 1 heterocycles. The van der Waals surface area contributed by atoms with Crippen LogP contribution in [0.5, 0.6) is 0 Å². The van der Waals surface area contributed by atoms with Crippen molar-refractivity contribution in [2.75, 3.05) is 11.5 Å². The Morgan fingerprint density at radius 2 is 1.92 bits per heavy atom. The topological polar surface area (TPSA) is 77.8 Å². The highest BCUT2D eigenvalue weighted by Gasteiger charge is 2.01. The smallest absolute Gasteiger partial charge is 0.135 e. The summed E-state index contributed by atoms with van der Waals surface area (Å²) < 4.78 is 0. The summed E-state index contributed by atoms with van der Waals surface area (Å²) >= 11 is 0. The molecular formula is C9H10N4. The third-order valence-electron chi connectivity index (χ3n) is 1.86. The van der Waals surface area contributed by atoms with Gasteiger partial charge in [-0.3, -0.25) is 0 Å². The van der Waals surface area contributed by atoms with E-state index in [0.717, 1.165) is 10.9 Å². The van der Waals surface area contributed by atoms with Gasteiger partial charge in [0.25, 0.3) is 0 Å². The summed E-state index contributed by atoms with van der Waals surface area (Å²) in [5.74, 6) is 1.16. The zero-order chi connectivity index (χ0) is 9.42. The maximum atomic E-state index is 5.72. The normalized spacial score (nSPS) is 10.5. The molecule has 2 aromatic rings. The summed E-state index contributed by atoms with van der Waals surface area (Å²) in [6, 6.07) is 5.42. The fourth-order valence-electron chi connectivity index (χ4n) is 1.29. The third-order valence-corrected chi connectivity index (χ3v) is 1.86. The molecule has 2 rings (SSSR count). The number of nitrogens with zero attached hydrogens (tertiary/aromatic N) is 2. The van der Waals surface area contributed by atoms with Crippen LogP contribution < -0.4 is 11.5 Å². The van der Waals surface area contributed by atoms with Gasteiger partial charge in [-0.25, -0.2) is 9.97 Å². The van der Waals surface area contributed by atoms with Crippen LogP contribution in [-0.4, -0.2) is 9.97 Å². The minimum atomic E-state index is 0.481. The van der Waals surface area contributed by atoms with E-state index >= 15 is 0 Å². The molecule has 0 saturated heterocycles. The molecule has 0 amide bonds. The van der Waals surface area contributed by atoms with Crippen molar-refractivity contribution in [1.82, 2.24) is 9.97 Å². The van der Waals surface area contributed by atoms with Gasteiger partial charge in [0.05, 0.1) is 5.52 Å². The molecule has 0 atom stereocenters. The lowest BCUT2D eigenvalue weighted by molar-refractivity contribution is 1.10.